The molecule has 0 fully saturated rings. The number of carbonyl (C=O) groups is 2. The molecule has 2 N–H and O–H groups in total. The van der Waals surface area contributed by atoms with Gasteiger partial charge in [0, 0.05) is 26.4 Å². The molecule has 1 aromatic heterocycles. The number of nitrogens with zero attached hydrogens (tertiary/aromatic N) is 3. The molecule has 0 aliphatic rings. The average molecular weight is 858 g/mol. The number of unbranched alkanes of at least 4 members (excludes halogenated alkanes) is 23. The Hall–Kier alpha value is -2.42. The molecule has 0 radical (unpaired) electrons. The second kappa shape index (κ2) is 42.9. The number of anilines is 2. The molecule has 9 heteroatoms. The summed E-state index contributed by atoms with van der Waals surface area (Å²) in [6.07, 6.45) is 43.9. The van der Waals surface area contributed by atoms with Crippen molar-refractivity contribution in [3.05, 3.63) is 12.5 Å². The van der Waals surface area contributed by atoms with Crippen LogP contribution in [0, 0.1) is 0 Å². The molecule has 0 aliphatic carbocycles. The van der Waals surface area contributed by atoms with Gasteiger partial charge in [-0.05, 0) is 96.7 Å². The summed E-state index contributed by atoms with van der Waals surface area (Å²) in [6.45, 7) is 13.1. The number of aromatic nitrogens is 2. The fourth-order valence-corrected chi connectivity index (χ4v) is 8.32. The highest BCUT2D eigenvalue weighted by atomic mass is 16.5. The first-order valence-electron chi connectivity index (χ1n) is 26.3. The minimum Gasteiger partial charge on any atom is -0.462 e. The first kappa shape index (κ1) is 56.6. The number of carbonyl (C=O) groups excluding carboxylic acids is 2. The van der Waals surface area contributed by atoms with E-state index in [1.54, 1.807) is 12.5 Å². The van der Waals surface area contributed by atoms with E-state index in [0.29, 0.717) is 12.8 Å². The Balaban J connectivity index is 2.41. The van der Waals surface area contributed by atoms with Crippen LogP contribution in [-0.4, -0.2) is 72.2 Å². The molecule has 0 spiro atoms. The van der Waals surface area contributed by atoms with Crippen molar-refractivity contribution < 1.29 is 19.1 Å². The first-order valence-corrected chi connectivity index (χ1v) is 26.3. The van der Waals surface area contributed by atoms with Gasteiger partial charge in [-0.25, -0.2) is 9.97 Å². The SMILES string of the molecule is CCCCCCCCC(CC)OC(=O)CCCCCCCN(CCCCCCCC(=O)OC(CCCCCCCC)CCCCCCCC)CCCNc1ncncc1NC. The Labute approximate surface area is 377 Å². The van der Waals surface area contributed by atoms with Gasteiger partial charge in [-0.1, -0.05) is 163 Å². The highest BCUT2D eigenvalue weighted by Gasteiger charge is 2.15. The van der Waals surface area contributed by atoms with Crippen LogP contribution in [0.25, 0.3) is 0 Å². The standard InChI is InChI=1S/C52H99N5O4/c1-6-10-13-16-21-28-36-47(9-4)60-50(58)39-31-24-19-26-33-42-57(44-35-41-55-52-49(53-5)45-54-46-56-52)43-34-27-20-25-32-40-51(59)61-48(37-29-22-17-14-11-7-2)38-30-23-18-15-12-8-3/h45-48,53H,6-44H2,1-5H3,(H,54,55,56). The van der Waals surface area contributed by atoms with Crippen LogP contribution in [-0.2, 0) is 19.1 Å². The largest absolute Gasteiger partial charge is 0.462 e. The van der Waals surface area contributed by atoms with Crippen molar-refractivity contribution in [2.24, 2.45) is 0 Å². The molecule has 1 unspecified atom stereocenters. The molecule has 1 aromatic rings. The normalized spacial score (nSPS) is 12.0. The van der Waals surface area contributed by atoms with E-state index >= 15 is 0 Å². The Morgan fingerprint density at radius 3 is 1.43 bits per heavy atom. The maximum atomic E-state index is 12.9. The van der Waals surface area contributed by atoms with Crippen LogP contribution in [0.1, 0.15) is 252 Å². The van der Waals surface area contributed by atoms with Crippen molar-refractivity contribution in [2.45, 2.75) is 265 Å². The summed E-state index contributed by atoms with van der Waals surface area (Å²) in [4.78, 5) is 36.6. The zero-order valence-electron chi connectivity index (χ0n) is 40.9. The molecule has 1 heterocycles. The smallest absolute Gasteiger partial charge is 0.306 e. The number of nitrogens with one attached hydrogen (secondary N) is 2. The predicted octanol–water partition coefficient (Wildman–Crippen LogP) is 14.8. The summed E-state index contributed by atoms with van der Waals surface area (Å²) in [5.74, 6) is 0.869. The van der Waals surface area contributed by atoms with Crippen LogP contribution < -0.4 is 10.6 Å². The highest BCUT2D eigenvalue weighted by molar-refractivity contribution is 5.69. The fourth-order valence-electron chi connectivity index (χ4n) is 8.32. The van der Waals surface area contributed by atoms with E-state index in [9.17, 15) is 9.59 Å². The number of rotatable bonds is 46. The second-order valence-corrected chi connectivity index (χ2v) is 18.0. The van der Waals surface area contributed by atoms with Gasteiger partial charge in [0.1, 0.15) is 18.5 Å². The zero-order valence-corrected chi connectivity index (χ0v) is 40.9. The Kier molecular flexibility index (Phi) is 39.8. The van der Waals surface area contributed by atoms with Gasteiger partial charge < -0.3 is 25.0 Å². The molecular formula is C52H99N5O4. The molecule has 0 aliphatic heterocycles. The monoisotopic (exact) mass is 858 g/mol. The third-order valence-corrected chi connectivity index (χ3v) is 12.3. The van der Waals surface area contributed by atoms with Gasteiger partial charge in [0.05, 0.1) is 11.9 Å². The number of hydrogen-bond donors (Lipinski definition) is 2. The van der Waals surface area contributed by atoms with Crippen molar-refractivity contribution in [1.82, 2.24) is 14.9 Å². The van der Waals surface area contributed by atoms with E-state index in [4.69, 9.17) is 9.47 Å². The van der Waals surface area contributed by atoms with E-state index in [1.807, 2.05) is 7.05 Å². The lowest BCUT2D eigenvalue weighted by molar-refractivity contribution is -0.150. The lowest BCUT2D eigenvalue weighted by atomic mass is 10.0. The van der Waals surface area contributed by atoms with E-state index in [1.165, 1.54) is 154 Å². The Morgan fingerprint density at radius 2 is 0.951 bits per heavy atom. The number of ether oxygens (including phenoxy) is 2. The summed E-state index contributed by atoms with van der Waals surface area (Å²) in [6, 6.07) is 0. The van der Waals surface area contributed by atoms with Gasteiger partial charge in [-0.2, -0.15) is 0 Å². The summed E-state index contributed by atoms with van der Waals surface area (Å²) >= 11 is 0. The van der Waals surface area contributed by atoms with Crippen LogP contribution in [0.2, 0.25) is 0 Å². The van der Waals surface area contributed by atoms with Gasteiger partial charge in [0.15, 0.2) is 5.82 Å². The zero-order chi connectivity index (χ0) is 44.3. The third-order valence-electron chi connectivity index (χ3n) is 12.3. The Bertz CT molecular complexity index is 1110. The molecular weight excluding hydrogens is 759 g/mol. The third kappa shape index (κ3) is 34.7. The van der Waals surface area contributed by atoms with Gasteiger partial charge in [0.25, 0.3) is 0 Å². The van der Waals surface area contributed by atoms with Crippen molar-refractivity contribution in [3.8, 4) is 0 Å². The molecule has 1 atom stereocenters. The lowest BCUT2D eigenvalue weighted by Gasteiger charge is -2.22. The quantitative estimate of drug-likeness (QED) is 0.0490. The molecule has 0 aromatic carbocycles. The van der Waals surface area contributed by atoms with Crippen LogP contribution in [0.3, 0.4) is 0 Å². The van der Waals surface area contributed by atoms with Gasteiger partial charge in [-0.15, -0.1) is 0 Å². The minimum absolute atomic E-state index is 0.00685. The topological polar surface area (TPSA) is 106 Å². The van der Waals surface area contributed by atoms with Crippen LogP contribution in [0.15, 0.2) is 12.5 Å². The second-order valence-electron chi connectivity index (χ2n) is 18.0. The maximum Gasteiger partial charge on any atom is 0.306 e. The fraction of sp³-hybridized carbons (Fsp3) is 0.885. The van der Waals surface area contributed by atoms with Crippen LogP contribution >= 0.6 is 0 Å². The maximum absolute atomic E-state index is 12.9. The summed E-state index contributed by atoms with van der Waals surface area (Å²) in [5, 5.41) is 6.65. The van der Waals surface area contributed by atoms with E-state index in [2.05, 4.69) is 53.2 Å². The van der Waals surface area contributed by atoms with Gasteiger partial charge >= 0.3 is 11.9 Å². The minimum atomic E-state index is -0.00685. The van der Waals surface area contributed by atoms with Crippen molar-refractivity contribution in [3.63, 3.8) is 0 Å². The lowest BCUT2D eigenvalue weighted by Crippen LogP contribution is -2.28. The number of esters is 2. The molecule has 0 amide bonds. The molecule has 356 valence electrons. The first-order chi connectivity index (χ1) is 30.0. The van der Waals surface area contributed by atoms with Gasteiger partial charge in [-0.3, -0.25) is 9.59 Å². The molecule has 1 rings (SSSR count). The van der Waals surface area contributed by atoms with Crippen LogP contribution in [0.5, 0.6) is 0 Å². The van der Waals surface area contributed by atoms with E-state index < -0.39 is 0 Å². The van der Waals surface area contributed by atoms with Gasteiger partial charge in [0.2, 0.25) is 0 Å². The molecule has 0 bridgehead atoms. The molecule has 61 heavy (non-hydrogen) atoms. The summed E-state index contributed by atoms with van der Waals surface area (Å²) in [7, 11) is 1.90. The highest BCUT2D eigenvalue weighted by Crippen LogP contribution is 2.20. The molecule has 0 saturated heterocycles. The predicted molar refractivity (Wildman–Crippen MR) is 261 cm³/mol. The summed E-state index contributed by atoms with van der Waals surface area (Å²) < 4.78 is 11.9. The average Bonchev–Trinajstić information content (AvgIpc) is 3.27. The molecule has 9 nitrogen and oxygen atoms in total. The van der Waals surface area contributed by atoms with Crippen LogP contribution in [0.4, 0.5) is 11.5 Å². The summed E-state index contributed by atoms with van der Waals surface area (Å²) in [5.41, 5.74) is 0.917. The van der Waals surface area contributed by atoms with Crippen molar-refractivity contribution in [1.29, 1.82) is 0 Å². The number of hydrogen-bond acceptors (Lipinski definition) is 9. The van der Waals surface area contributed by atoms with Crippen molar-refractivity contribution in [2.75, 3.05) is 43.9 Å². The Morgan fingerprint density at radius 1 is 0.541 bits per heavy atom. The van der Waals surface area contributed by atoms with E-state index in [-0.39, 0.29) is 24.1 Å². The van der Waals surface area contributed by atoms with E-state index in [0.717, 1.165) is 95.5 Å². The van der Waals surface area contributed by atoms with Crippen molar-refractivity contribution >= 4 is 23.4 Å². The molecule has 0 saturated carbocycles.